The first-order valence-corrected chi connectivity index (χ1v) is 9.85. The lowest BCUT2D eigenvalue weighted by Crippen LogP contribution is -2.47. The van der Waals surface area contributed by atoms with Crippen LogP contribution in [0, 0.1) is 13.8 Å². The average Bonchev–Trinajstić information content (AvgIpc) is 2.70. The minimum absolute atomic E-state index is 0.0246. The summed E-state index contributed by atoms with van der Waals surface area (Å²) < 4.78 is 5.72. The van der Waals surface area contributed by atoms with E-state index in [-0.39, 0.29) is 24.5 Å². The third kappa shape index (κ3) is 5.04. The zero-order valence-electron chi connectivity index (χ0n) is 16.2. The molecule has 1 heterocycles. The Morgan fingerprint density at radius 1 is 1.11 bits per heavy atom. The number of amides is 2. The lowest BCUT2D eigenvalue weighted by atomic mass is 10.0. The minimum Gasteiger partial charge on any atom is -0.483 e. The fraction of sp³-hybridized carbons (Fsp3) is 0.364. The van der Waals surface area contributed by atoms with Gasteiger partial charge in [0.1, 0.15) is 5.75 Å². The number of benzene rings is 2. The van der Waals surface area contributed by atoms with E-state index in [2.05, 4.69) is 5.32 Å². The zero-order valence-corrected chi connectivity index (χ0v) is 17.0. The Hall–Kier alpha value is -2.53. The van der Waals surface area contributed by atoms with Crippen molar-refractivity contribution in [1.82, 2.24) is 10.2 Å². The number of hydrogen-bond donors (Lipinski definition) is 1. The van der Waals surface area contributed by atoms with Gasteiger partial charge in [-0.25, -0.2) is 0 Å². The van der Waals surface area contributed by atoms with Crippen LogP contribution in [0.2, 0.25) is 5.02 Å². The molecule has 1 saturated heterocycles. The number of likely N-dealkylation sites (tertiary alicyclic amines) is 1. The van der Waals surface area contributed by atoms with E-state index in [1.807, 2.05) is 32.0 Å². The van der Waals surface area contributed by atoms with Gasteiger partial charge in [-0.1, -0.05) is 23.7 Å². The van der Waals surface area contributed by atoms with Gasteiger partial charge in [0.2, 0.25) is 0 Å². The van der Waals surface area contributed by atoms with E-state index in [0.29, 0.717) is 23.7 Å². The van der Waals surface area contributed by atoms with Gasteiger partial charge >= 0.3 is 0 Å². The van der Waals surface area contributed by atoms with Crippen molar-refractivity contribution in [3.63, 3.8) is 0 Å². The molecule has 0 unspecified atom stereocenters. The summed E-state index contributed by atoms with van der Waals surface area (Å²) in [6.45, 7) is 5.27. The summed E-state index contributed by atoms with van der Waals surface area (Å²) >= 11 is 5.86. The first-order valence-electron chi connectivity index (χ1n) is 9.47. The van der Waals surface area contributed by atoms with Gasteiger partial charge in [-0.05, 0) is 68.1 Å². The molecular formula is C22H25ClN2O3. The molecule has 3 rings (SSSR count). The Morgan fingerprint density at radius 2 is 1.79 bits per heavy atom. The van der Waals surface area contributed by atoms with Crippen molar-refractivity contribution in [3.8, 4) is 5.75 Å². The molecule has 0 atom stereocenters. The van der Waals surface area contributed by atoms with Gasteiger partial charge in [-0.3, -0.25) is 9.59 Å². The van der Waals surface area contributed by atoms with Crippen LogP contribution in [0.5, 0.6) is 5.75 Å². The number of ether oxygens (including phenoxy) is 1. The molecule has 2 aromatic rings. The fourth-order valence-electron chi connectivity index (χ4n) is 3.25. The van der Waals surface area contributed by atoms with Gasteiger partial charge in [0.25, 0.3) is 11.8 Å². The highest BCUT2D eigenvalue weighted by Crippen LogP contribution is 2.21. The Morgan fingerprint density at radius 3 is 2.46 bits per heavy atom. The average molecular weight is 401 g/mol. The summed E-state index contributed by atoms with van der Waals surface area (Å²) in [5, 5.41) is 3.64. The van der Waals surface area contributed by atoms with Gasteiger partial charge in [0.15, 0.2) is 6.61 Å². The fourth-order valence-corrected chi connectivity index (χ4v) is 3.38. The molecule has 0 aromatic heterocycles. The summed E-state index contributed by atoms with van der Waals surface area (Å²) in [5.74, 6) is 0.613. The van der Waals surface area contributed by atoms with Crippen molar-refractivity contribution >= 4 is 23.4 Å². The smallest absolute Gasteiger partial charge is 0.260 e. The molecule has 0 spiro atoms. The Bertz CT molecular complexity index is 843. The highest BCUT2D eigenvalue weighted by Gasteiger charge is 2.24. The van der Waals surface area contributed by atoms with E-state index in [0.717, 1.165) is 29.7 Å². The van der Waals surface area contributed by atoms with Crippen LogP contribution < -0.4 is 10.1 Å². The maximum absolute atomic E-state index is 12.5. The van der Waals surface area contributed by atoms with Crippen molar-refractivity contribution in [2.45, 2.75) is 32.7 Å². The van der Waals surface area contributed by atoms with Gasteiger partial charge in [-0.15, -0.1) is 0 Å². The molecule has 0 radical (unpaired) electrons. The highest BCUT2D eigenvalue weighted by atomic mass is 35.5. The molecule has 1 N–H and O–H groups in total. The van der Waals surface area contributed by atoms with Crippen LogP contribution in [-0.2, 0) is 4.79 Å². The van der Waals surface area contributed by atoms with Gasteiger partial charge in [-0.2, -0.15) is 0 Å². The third-order valence-corrected chi connectivity index (χ3v) is 5.45. The van der Waals surface area contributed by atoms with E-state index in [1.54, 1.807) is 29.2 Å². The molecule has 148 valence electrons. The summed E-state index contributed by atoms with van der Waals surface area (Å²) in [7, 11) is 0. The van der Waals surface area contributed by atoms with Crippen LogP contribution in [0.15, 0.2) is 42.5 Å². The van der Waals surface area contributed by atoms with Crippen LogP contribution in [0.4, 0.5) is 0 Å². The molecule has 0 aliphatic carbocycles. The largest absolute Gasteiger partial charge is 0.483 e. The monoisotopic (exact) mass is 400 g/mol. The van der Waals surface area contributed by atoms with Gasteiger partial charge in [0, 0.05) is 29.7 Å². The molecule has 1 aliphatic rings. The van der Waals surface area contributed by atoms with E-state index < -0.39 is 0 Å². The molecular weight excluding hydrogens is 376 g/mol. The van der Waals surface area contributed by atoms with E-state index >= 15 is 0 Å². The zero-order chi connectivity index (χ0) is 20.1. The topological polar surface area (TPSA) is 58.6 Å². The predicted octanol–water partition coefficient (Wildman–Crippen LogP) is 3.76. The van der Waals surface area contributed by atoms with E-state index in [1.165, 1.54) is 0 Å². The molecule has 6 heteroatoms. The second-order valence-electron chi connectivity index (χ2n) is 7.12. The Kier molecular flexibility index (Phi) is 6.57. The Balaban J connectivity index is 1.45. The number of carbonyl (C=O) groups is 2. The summed E-state index contributed by atoms with van der Waals surface area (Å²) in [6, 6.07) is 12.7. The molecule has 5 nitrogen and oxygen atoms in total. The van der Waals surface area contributed by atoms with Crippen LogP contribution >= 0.6 is 11.6 Å². The lowest BCUT2D eigenvalue weighted by Gasteiger charge is -2.32. The first-order chi connectivity index (χ1) is 13.4. The molecule has 2 amide bonds. The summed E-state index contributed by atoms with van der Waals surface area (Å²) in [5.41, 5.74) is 2.78. The van der Waals surface area contributed by atoms with Gasteiger partial charge in [0.05, 0.1) is 0 Å². The van der Waals surface area contributed by atoms with Crippen molar-refractivity contribution in [2.75, 3.05) is 19.7 Å². The Labute approximate surface area is 170 Å². The second-order valence-corrected chi connectivity index (χ2v) is 7.56. The van der Waals surface area contributed by atoms with Crippen molar-refractivity contribution in [2.24, 2.45) is 0 Å². The molecule has 28 heavy (non-hydrogen) atoms. The molecule has 2 aromatic carbocycles. The number of nitrogens with one attached hydrogen (secondary N) is 1. The molecule has 0 bridgehead atoms. The lowest BCUT2D eigenvalue weighted by molar-refractivity contribution is -0.134. The summed E-state index contributed by atoms with van der Waals surface area (Å²) in [6.07, 6.45) is 1.46. The predicted molar refractivity (Wildman–Crippen MR) is 110 cm³/mol. The number of halogens is 1. The van der Waals surface area contributed by atoms with Crippen molar-refractivity contribution < 1.29 is 14.3 Å². The molecule has 0 saturated carbocycles. The SMILES string of the molecule is Cc1cccc(OCC(=O)N2CCC(NC(=O)c3ccc(Cl)cc3)CC2)c1C. The van der Waals surface area contributed by atoms with Crippen LogP contribution in [0.3, 0.4) is 0 Å². The second kappa shape index (κ2) is 9.11. The number of piperidine rings is 1. The normalized spacial score (nSPS) is 14.6. The van der Waals surface area contributed by atoms with Crippen molar-refractivity contribution in [1.29, 1.82) is 0 Å². The highest BCUT2D eigenvalue weighted by molar-refractivity contribution is 6.30. The number of nitrogens with zero attached hydrogens (tertiary/aromatic N) is 1. The number of aryl methyl sites for hydroxylation is 1. The number of hydrogen-bond acceptors (Lipinski definition) is 3. The van der Waals surface area contributed by atoms with Crippen LogP contribution in [0.1, 0.15) is 34.3 Å². The van der Waals surface area contributed by atoms with Gasteiger partial charge < -0.3 is 15.0 Å². The molecule has 1 fully saturated rings. The van der Waals surface area contributed by atoms with E-state index in [9.17, 15) is 9.59 Å². The first kappa shape index (κ1) is 20.2. The van der Waals surface area contributed by atoms with E-state index in [4.69, 9.17) is 16.3 Å². The third-order valence-electron chi connectivity index (χ3n) is 5.20. The number of rotatable bonds is 5. The standard InChI is InChI=1S/C22H25ClN2O3/c1-15-4-3-5-20(16(15)2)28-14-21(26)25-12-10-19(11-13-25)24-22(27)17-6-8-18(23)9-7-17/h3-9,19H,10-14H2,1-2H3,(H,24,27). The number of carbonyl (C=O) groups excluding carboxylic acids is 2. The quantitative estimate of drug-likeness (QED) is 0.831. The molecule has 1 aliphatic heterocycles. The van der Waals surface area contributed by atoms with Crippen LogP contribution in [-0.4, -0.2) is 42.5 Å². The van der Waals surface area contributed by atoms with Crippen LogP contribution in [0.25, 0.3) is 0 Å². The maximum Gasteiger partial charge on any atom is 0.260 e. The minimum atomic E-state index is -0.111. The maximum atomic E-state index is 12.5. The summed E-state index contributed by atoms with van der Waals surface area (Å²) in [4.78, 5) is 26.6. The van der Waals surface area contributed by atoms with Crippen molar-refractivity contribution in [3.05, 3.63) is 64.2 Å².